The number of esters is 1. The van der Waals surface area contributed by atoms with E-state index in [0.29, 0.717) is 17.7 Å². The van der Waals surface area contributed by atoms with Crippen LogP contribution in [0.1, 0.15) is 45.3 Å². The molecule has 266 valence electrons. The molecule has 3 aromatic carbocycles. The molecule has 2 saturated heterocycles. The number of ether oxygens (including phenoxy) is 2. The van der Waals surface area contributed by atoms with E-state index in [0.717, 1.165) is 10.8 Å². The number of fused-ring (bicyclic) bond motifs is 3. The molecule has 51 heavy (non-hydrogen) atoms. The maximum atomic E-state index is 15.0. The topological polar surface area (TPSA) is 117 Å². The number of aliphatic hydroxyl groups is 1. The van der Waals surface area contributed by atoms with Crippen molar-refractivity contribution in [3.05, 3.63) is 103 Å². The lowest BCUT2D eigenvalue weighted by Crippen LogP contribution is -2.59. The maximum Gasteiger partial charge on any atom is 0.313 e. The van der Waals surface area contributed by atoms with E-state index in [-0.39, 0.29) is 37.3 Å². The fourth-order valence-electron chi connectivity index (χ4n) is 8.38. The second-order valence-corrected chi connectivity index (χ2v) is 14.4. The van der Waals surface area contributed by atoms with Gasteiger partial charge in [-0.25, -0.2) is 0 Å². The van der Waals surface area contributed by atoms with Gasteiger partial charge in [-0.1, -0.05) is 98.8 Å². The molecule has 3 aromatic rings. The van der Waals surface area contributed by atoms with E-state index in [9.17, 15) is 19.5 Å². The normalized spacial score (nSPS) is 31.1. The molecule has 8 atom stereocenters. The van der Waals surface area contributed by atoms with E-state index in [1.54, 1.807) is 35.1 Å². The van der Waals surface area contributed by atoms with Crippen molar-refractivity contribution in [1.29, 1.82) is 0 Å². The van der Waals surface area contributed by atoms with Crippen LogP contribution in [0.15, 0.2) is 97.1 Å². The molecule has 4 heterocycles. The molecule has 0 aromatic heterocycles. The Kier molecular flexibility index (Phi) is 9.32. The van der Waals surface area contributed by atoms with Crippen LogP contribution >= 0.6 is 0 Å². The van der Waals surface area contributed by atoms with Gasteiger partial charge in [-0.15, -0.1) is 0 Å². The van der Waals surface area contributed by atoms with Crippen LogP contribution in [-0.2, 0) is 28.7 Å². The molecule has 4 aliphatic rings. The lowest BCUT2D eigenvalue weighted by molar-refractivity contribution is -0.164. The molecule has 1 N–H and O–H groups in total. The summed E-state index contributed by atoms with van der Waals surface area (Å²) in [6.45, 7) is 5.48. The number of hydrogen-bond donors (Lipinski definition) is 1. The fourth-order valence-corrected chi connectivity index (χ4v) is 8.38. The summed E-state index contributed by atoms with van der Waals surface area (Å²) in [4.78, 5) is 62.6. The molecule has 7 rings (SSSR count). The molecule has 10 heteroatoms. The first kappa shape index (κ1) is 34.6. The maximum absolute atomic E-state index is 15.0. The highest BCUT2D eigenvalue weighted by Crippen LogP contribution is 2.54. The van der Waals surface area contributed by atoms with Gasteiger partial charge in [-0.2, -0.15) is 0 Å². The van der Waals surface area contributed by atoms with Crippen LogP contribution < -0.4 is 4.90 Å². The van der Waals surface area contributed by atoms with Crippen molar-refractivity contribution in [3.8, 4) is 0 Å². The van der Waals surface area contributed by atoms with Crippen LogP contribution in [0.2, 0.25) is 0 Å². The lowest BCUT2D eigenvalue weighted by Gasteiger charge is -2.40. The van der Waals surface area contributed by atoms with Gasteiger partial charge in [-0.3, -0.25) is 19.2 Å². The van der Waals surface area contributed by atoms with E-state index in [1.165, 1.54) is 4.90 Å². The van der Waals surface area contributed by atoms with Gasteiger partial charge in [0.1, 0.15) is 23.7 Å². The standard InChI is InChI=1S/C41H45N3O7/c1-25(2)31(24-45)44-37-39(48)43(30-20-19-27-13-8-9-16-29(27)23-30)22-12-21-41(37)35(38(44)47)34-32(51-41)17-10-11-18-33(46)42(4)26(3)36(50-40(34)49)28-14-6-5-7-15-28/h5-10,12-17,19-21,23,25-26,31-32,34-37,45H,11,18,22,24H2,1-4H3/b17-10-/t26-,31-,32-,34+,35+,36+,37-,41+/m0/s1. The third-order valence-corrected chi connectivity index (χ3v) is 11.2. The van der Waals surface area contributed by atoms with Crippen molar-refractivity contribution in [2.24, 2.45) is 17.8 Å². The molecule has 10 nitrogen and oxygen atoms in total. The number of likely N-dealkylation sites (N-methyl/N-ethyl adjacent to an activating group) is 1. The van der Waals surface area contributed by atoms with Gasteiger partial charge in [0.15, 0.2) is 0 Å². The van der Waals surface area contributed by atoms with Gasteiger partial charge in [-0.05, 0) is 47.7 Å². The Morgan fingerprint density at radius 2 is 1.65 bits per heavy atom. The zero-order valence-corrected chi connectivity index (χ0v) is 29.4. The van der Waals surface area contributed by atoms with E-state index in [4.69, 9.17) is 9.47 Å². The zero-order valence-electron chi connectivity index (χ0n) is 29.4. The Morgan fingerprint density at radius 3 is 2.37 bits per heavy atom. The Balaban J connectivity index is 1.35. The van der Waals surface area contributed by atoms with Gasteiger partial charge in [0.05, 0.1) is 30.7 Å². The van der Waals surface area contributed by atoms with Gasteiger partial charge >= 0.3 is 5.97 Å². The van der Waals surface area contributed by atoms with Crippen LogP contribution in [0.5, 0.6) is 0 Å². The zero-order chi connectivity index (χ0) is 36.0. The number of carbonyl (C=O) groups is 4. The number of allylic oxidation sites excluding steroid dienone is 1. The van der Waals surface area contributed by atoms with Crippen molar-refractivity contribution in [1.82, 2.24) is 9.80 Å². The van der Waals surface area contributed by atoms with Gasteiger partial charge in [0, 0.05) is 25.7 Å². The average molecular weight is 692 g/mol. The molecule has 0 bridgehead atoms. The number of anilines is 1. The summed E-state index contributed by atoms with van der Waals surface area (Å²) in [5.41, 5.74) is -0.149. The SMILES string of the molecule is CC(C)[C@H](CO)N1C(=O)[C@H]2[C@@H]3C(=O)O[C@@H](c4ccccc4)[C@H](C)N(C)C(=O)CC/C=C\[C@@H]3O[C@]23C=CCN(c2ccc4ccccc4c2)C(=O)[C@H]13. The van der Waals surface area contributed by atoms with Gasteiger partial charge in [0.25, 0.3) is 5.91 Å². The molecule has 2 fully saturated rings. The largest absolute Gasteiger partial charge is 0.455 e. The van der Waals surface area contributed by atoms with Crippen molar-refractivity contribution in [3.63, 3.8) is 0 Å². The molecule has 0 unspecified atom stereocenters. The van der Waals surface area contributed by atoms with E-state index in [2.05, 4.69) is 0 Å². The summed E-state index contributed by atoms with van der Waals surface area (Å²) in [6, 6.07) is 20.6. The number of carbonyl (C=O) groups excluding carboxylic acids is 4. The minimum absolute atomic E-state index is 0.0928. The first-order chi connectivity index (χ1) is 24.6. The molecule has 0 saturated carbocycles. The second kappa shape index (κ2) is 13.7. The second-order valence-electron chi connectivity index (χ2n) is 14.4. The molecule has 0 radical (unpaired) electrons. The van der Waals surface area contributed by atoms with Crippen molar-refractivity contribution >= 4 is 40.2 Å². The van der Waals surface area contributed by atoms with Crippen LogP contribution in [0.4, 0.5) is 5.69 Å². The number of likely N-dealkylation sites (tertiary alicyclic amines) is 1. The van der Waals surface area contributed by atoms with Crippen LogP contribution in [-0.4, -0.2) is 88.6 Å². The first-order valence-corrected chi connectivity index (χ1v) is 17.8. The van der Waals surface area contributed by atoms with E-state index >= 15 is 4.79 Å². The summed E-state index contributed by atoms with van der Waals surface area (Å²) >= 11 is 0. The van der Waals surface area contributed by atoms with Crippen molar-refractivity contribution in [2.45, 2.75) is 69.5 Å². The molecule has 3 amide bonds. The number of hydrogen-bond acceptors (Lipinski definition) is 7. The number of nitrogens with zero attached hydrogens (tertiary/aromatic N) is 3. The quantitative estimate of drug-likeness (QED) is 0.301. The van der Waals surface area contributed by atoms with Gasteiger partial charge in [0.2, 0.25) is 11.8 Å². The van der Waals surface area contributed by atoms with E-state index in [1.807, 2.05) is 99.6 Å². The number of amides is 3. The minimum Gasteiger partial charge on any atom is -0.455 e. The highest BCUT2D eigenvalue weighted by molar-refractivity contribution is 6.06. The van der Waals surface area contributed by atoms with Gasteiger partial charge < -0.3 is 29.3 Å². The average Bonchev–Trinajstić information content (AvgIpc) is 3.52. The Labute approximate surface area is 298 Å². The van der Waals surface area contributed by atoms with E-state index < -0.39 is 59.6 Å². The smallest absolute Gasteiger partial charge is 0.313 e. The molecular formula is C41H45N3O7. The number of aliphatic hydroxyl groups excluding tert-OH is 1. The highest BCUT2D eigenvalue weighted by Gasteiger charge is 2.72. The Hall–Kier alpha value is -4.80. The summed E-state index contributed by atoms with van der Waals surface area (Å²) in [7, 11) is 1.70. The summed E-state index contributed by atoms with van der Waals surface area (Å²) in [6.07, 6.45) is 6.07. The predicted octanol–water partition coefficient (Wildman–Crippen LogP) is 4.82. The number of benzene rings is 3. The predicted molar refractivity (Wildman–Crippen MR) is 192 cm³/mol. The highest BCUT2D eigenvalue weighted by atomic mass is 16.6. The third kappa shape index (κ3) is 5.84. The van der Waals surface area contributed by atoms with Crippen LogP contribution in [0.3, 0.4) is 0 Å². The monoisotopic (exact) mass is 691 g/mol. The first-order valence-electron chi connectivity index (χ1n) is 17.8. The fraction of sp³-hybridized carbons (Fsp3) is 0.415. The van der Waals surface area contributed by atoms with Crippen molar-refractivity contribution < 1.29 is 33.8 Å². The lowest BCUT2D eigenvalue weighted by atomic mass is 9.77. The molecule has 1 spiro atoms. The molecular weight excluding hydrogens is 646 g/mol. The molecule has 4 aliphatic heterocycles. The summed E-state index contributed by atoms with van der Waals surface area (Å²) in [5, 5.41) is 12.7. The minimum atomic E-state index is -1.53. The van der Waals surface area contributed by atoms with Crippen molar-refractivity contribution in [2.75, 3.05) is 25.1 Å². The third-order valence-electron chi connectivity index (χ3n) is 11.2. The summed E-state index contributed by atoms with van der Waals surface area (Å²) < 4.78 is 13.2. The molecule has 0 aliphatic carbocycles. The van der Waals surface area contributed by atoms with Crippen LogP contribution in [0, 0.1) is 17.8 Å². The Bertz CT molecular complexity index is 1890. The number of cyclic esters (lactones) is 1. The number of rotatable bonds is 5. The Morgan fingerprint density at radius 1 is 0.922 bits per heavy atom. The summed E-state index contributed by atoms with van der Waals surface area (Å²) in [5.74, 6) is -3.96. The van der Waals surface area contributed by atoms with Crippen LogP contribution in [0.25, 0.3) is 10.8 Å².